The largest absolute Gasteiger partial charge is 0.481 e. The Bertz CT molecular complexity index is 745. The van der Waals surface area contributed by atoms with E-state index in [1.807, 2.05) is 6.92 Å². The molecule has 0 heterocycles. The lowest BCUT2D eigenvalue weighted by atomic mass is 9.89. The fraction of sp³-hybridized carbons (Fsp3) is 0.500. The van der Waals surface area contributed by atoms with Crippen molar-refractivity contribution in [1.82, 2.24) is 0 Å². The van der Waals surface area contributed by atoms with Gasteiger partial charge in [-0.05, 0) is 18.6 Å². The van der Waals surface area contributed by atoms with Crippen LogP contribution in [0.4, 0.5) is 0 Å². The summed E-state index contributed by atoms with van der Waals surface area (Å²) >= 11 is 6.20. The van der Waals surface area contributed by atoms with Crippen LogP contribution in [0.5, 0.6) is 0 Å². The molecule has 1 aromatic rings. The van der Waals surface area contributed by atoms with Gasteiger partial charge in [-0.2, -0.15) is 0 Å². The van der Waals surface area contributed by atoms with E-state index in [1.54, 1.807) is 30.3 Å². The second kappa shape index (κ2) is 11.1. The number of hydrogen-bond donors (Lipinski definition) is 2. The molecule has 0 radical (unpaired) electrons. The minimum atomic E-state index is -1.08. The molecule has 1 aliphatic rings. The zero-order valence-electron chi connectivity index (χ0n) is 16.4. The van der Waals surface area contributed by atoms with Crippen LogP contribution in [0.15, 0.2) is 41.4 Å². The molecule has 2 rings (SSSR count). The van der Waals surface area contributed by atoms with Gasteiger partial charge < -0.3 is 14.9 Å². The molecule has 0 aromatic heterocycles. The molecular weight excluding hydrogens is 396 g/mol. The minimum Gasteiger partial charge on any atom is -0.481 e. The first-order valence-corrected chi connectivity index (χ1v) is 10.3. The predicted octanol–water partition coefficient (Wildman–Crippen LogP) is 3.96. The molecule has 0 saturated heterocycles. The van der Waals surface area contributed by atoms with Crippen molar-refractivity contribution in [3.8, 4) is 0 Å². The summed E-state index contributed by atoms with van der Waals surface area (Å²) in [4.78, 5) is 36.0. The summed E-state index contributed by atoms with van der Waals surface area (Å²) < 4.78 is 5.57. The molecule has 2 N–H and O–H groups in total. The fourth-order valence-electron chi connectivity index (χ4n) is 3.63. The molecule has 1 aliphatic carbocycles. The Hall–Kier alpha value is -2.18. The van der Waals surface area contributed by atoms with Gasteiger partial charge in [0.15, 0.2) is 5.78 Å². The molecular formula is C22H27ClO6. The highest BCUT2D eigenvalue weighted by molar-refractivity contribution is 6.42. The van der Waals surface area contributed by atoms with Crippen LogP contribution in [0, 0.1) is 11.8 Å². The van der Waals surface area contributed by atoms with Crippen molar-refractivity contribution in [2.75, 3.05) is 0 Å². The number of unbranched alkanes of at least 4 members (excludes halogenated alkanes) is 2. The molecule has 29 heavy (non-hydrogen) atoms. The highest BCUT2D eigenvalue weighted by atomic mass is 35.5. The number of carboxylic acids is 1. The van der Waals surface area contributed by atoms with Crippen LogP contribution < -0.4 is 0 Å². The summed E-state index contributed by atoms with van der Waals surface area (Å²) in [7, 11) is 0. The normalized spacial score (nSPS) is 24.3. The first-order chi connectivity index (χ1) is 13.8. The maximum absolute atomic E-state index is 12.4. The maximum atomic E-state index is 12.4. The number of hydrogen-bond acceptors (Lipinski definition) is 5. The van der Waals surface area contributed by atoms with E-state index >= 15 is 0 Å². The molecule has 6 nitrogen and oxygen atoms in total. The van der Waals surface area contributed by atoms with Crippen molar-refractivity contribution < 1.29 is 29.3 Å². The number of aliphatic hydroxyl groups is 1. The van der Waals surface area contributed by atoms with Gasteiger partial charge in [0.05, 0.1) is 23.1 Å². The number of benzene rings is 1. The number of rotatable bonds is 10. The second-order valence-corrected chi connectivity index (χ2v) is 7.75. The molecule has 1 aromatic carbocycles. The molecule has 0 unspecified atom stereocenters. The van der Waals surface area contributed by atoms with Crippen LogP contribution >= 0.6 is 11.6 Å². The van der Waals surface area contributed by atoms with Crippen LogP contribution in [0.3, 0.4) is 0 Å². The van der Waals surface area contributed by atoms with E-state index in [0.29, 0.717) is 12.0 Å². The number of carboxylic acid groups (broad SMARTS) is 1. The number of esters is 1. The number of aliphatic hydroxyl groups excluding tert-OH is 1. The molecule has 0 amide bonds. The Labute approximate surface area is 175 Å². The minimum absolute atomic E-state index is 0.00338. The van der Waals surface area contributed by atoms with Gasteiger partial charge in [0.25, 0.3) is 0 Å². The predicted molar refractivity (Wildman–Crippen MR) is 109 cm³/mol. The Balaban J connectivity index is 2.19. The molecule has 158 valence electrons. The average molecular weight is 423 g/mol. The maximum Gasteiger partial charge on any atom is 0.338 e. The van der Waals surface area contributed by atoms with Gasteiger partial charge in [-0.3, -0.25) is 9.59 Å². The van der Waals surface area contributed by atoms with Crippen LogP contribution in [0.25, 0.3) is 0 Å². The van der Waals surface area contributed by atoms with E-state index in [2.05, 4.69) is 0 Å². The summed E-state index contributed by atoms with van der Waals surface area (Å²) in [6.07, 6.45) is 2.41. The number of aliphatic carboxylic acids is 1. The van der Waals surface area contributed by atoms with Crippen molar-refractivity contribution in [2.24, 2.45) is 11.8 Å². The first kappa shape index (κ1) is 23.1. The third-order valence-electron chi connectivity index (χ3n) is 5.18. The Kier molecular flexibility index (Phi) is 8.86. The van der Waals surface area contributed by atoms with Gasteiger partial charge in [0, 0.05) is 24.7 Å². The van der Waals surface area contributed by atoms with Gasteiger partial charge in [0.2, 0.25) is 0 Å². The Morgan fingerprint density at radius 2 is 1.90 bits per heavy atom. The van der Waals surface area contributed by atoms with Gasteiger partial charge in [-0.15, -0.1) is 0 Å². The number of ether oxygens (including phenoxy) is 1. The Morgan fingerprint density at radius 3 is 2.52 bits per heavy atom. The molecule has 1 fully saturated rings. The van der Waals surface area contributed by atoms with E-state index in [9.17, 15) is 24.6 Å². The topological polar surface area (TPSA) is 101 Å². The molecule has 0 aliphatic heterocycles. The molecule has 1 saturated carbocycles. The SMILES string of the molecule is CCCCCC(=O)C(Cl)=C[C@H]1[C@H](CC(=O)O)[C@H](O)C[C@@H]1OC(=O)c1ccccc1. The summed E-state index contributed by atoms with van der Waals surface area (Å²) in [6.45, 7) is 2.03. The van der Waals surface area contributed by atoms with E-state index in [1.165, 1.54) is 6.08 Å². The van der Waals surface area contributed by atoms with Crippen LogP contribution in [-0.2, 0) is 14.3 Å². The number of carbonyl (C=O) groups excluding carboxylic acids is 2. The lowest BCUT2D eigenvalue weighted by molar-refractivity contribution is -0.139. The van der Waals surface area contributed by atoms with Crippen LogP contribution in [0.2, 0.25) is 0 Å². The standard InChI is InChI=1S/C22H27ClO6/c1-2-3-5-10-18(24)17(23)11-16-15(12-21(26)27)19(25)13-20(16)29-22(28)14-8-6-4-7-9-14/h4,6-9,11,15-16,19-20,25H,2-3,5,10,12-13H2,1H3,(H,26,27)/t15-,16-,19+,20-/m0/s1. The van der Waals surface area contributed by atoms with Crippen molar-refractivity contribution in [3.63, 3.8) is 0 Å². The lowest BCUT2D eigenvalue weighted by Crippen LogP contribution is -2.26. The average Bonchev–Trinajstić information content (AvgIpc) is 2.96. The van der Waals surface area contributed by atoms with E-state index in [4.69, 9.17) is 16.3 Å². The molecule has 4 atom stereocenters. The number of Topliss-reactive ketones (excluding diaryl/α,β-unsaturated/α-hetero) is 1. The monoisotopic (exact) mass is 422 g/mol. The summed E-state index contributed by atoms with van der Waals surface area (Å²) in [5, 5.41) is 19.6. The zero-order chi connectivity index (χ0) is 21.4. The summed E-state index contributed by atoms with van der Waals surface area (Å²) in [5.74, 6) is -3.23. The molecule has 0 bridgehead atoms. The number of allylic oxidation sites excluding steroid dienone is 1. The van der Waals surface area contributed by atoms with E-state index in [0.717, 1.165) is 19.3 Å². The van der Waals surface area contributed by atoms with Gasteiger partial charge in [-0.25, -0.2) is 4.79 Å². The summed E-state index contributed by atoms with van der Waals surface area (Å²) in [6, 6.07) is 8.40. The first-order valence-electron chi connectivity index (χ1n) is 9.89. The van der Waals surface area contributed by atoms with Crippen molar-refractivity contribution in [3.05, 3.63) is 47.0 Å². The van der Waals surface area contributed by atoms with Crippen LogP contribution in [-0.4, -0.2) is 40.1 Å². The molecule has 7 heteroatoms. The number of carbonyl (C=O) groups is 3. The highest BCUT2D eigenvalue weighted by Crippen LogP contribution is 2.39. The lowest BCUT2D eigenvalue weighted by Gasteiger charge is -2.22. The van der Waals surface area contributed by atoms with Crippen LogP contribution in [0.1, 0.15) is 55.8 Å². The van der Waals surface area contributed by atoms with Crippen molar-refractivity contribution in [2.45, 2.75) is 57.7 Å². The van der Waals surface area contributed by atoms with E-state index < -0.39 is 36.0 Å². The highest BCUT2D eigenvalue weighted by Gasteiger charge is 2.45. The number of ketones is 1. The Morgan fingerprint density at radius 1 is 1.21 bits per heavy atom. The smallest absolute Gasteiger partial charge is 0.338 e. The van der Waals surface area contributed by atoms with Gasteiger partial charge in [-0.1, -0.05) is 55.6 Å². The third-order valence-corrected chi connectivity index (χ3v) is 5.52. The fourth-order valence-corrected chi connectivity index (χ4v) is 3.87. The van der Waals surface area contributed by atoms with Crippen molar-refractivity contribution >= 4 is 29.3 Å². The summed E-state index contributed by atoms with van der Waals surface area (Å²) in [5.41, 5.74) is 0.355. The van der Waals surface area contributed by atoms with Gasteiger partial charge >= 0.3 is 11.9 Å². The second-order valence-electron chi connectivity index (χ2n) is 7.35. The third kappa shape index (κ3) is 6.68. The van der Waals surface area contributed by atoms with Gasteiger partial charge in [0.1, 0.15) is 6.10 Å². The quantitative estimate of drug-likeness (QED) is 0.336. The van der Waals surface area contributed by atoms with Crippen molar-refractivity contribution in [1.29, 1.82) is 0 Å². The molecule has 0 spiro atoms. The zero-order valence-corrected chi connectivity index (χ0v) is 17.2. The number of halogens is 1. The van der Waals surface area contributed by atoms with E-state index in [-0.39, 0.29) is 23.7 Å².